The van der Waals surface area contributed by atoms with Crippen molar-refractivity contribution in [2.45, 2.75) is 32.7 Å². The SMILES string of the molecule is Cc1cc(C)cc(OCCN2CCCC3CNCC32)c1. The van der Waals surface area contributed by atoms with Gasteiger partial charge in [0.15, 0.2) is 0 Å². The summed E-state index contributed by atoms with van der Waals surface area (Å²) in [4.78, 5) is 2.62. The fraction of sp³-hybridized carbons (Fsp3) is 0.647. The van der Waals surface area contributed by atoms with Gasteiger partial charge >= 0.3 is 0 Å². The van der Waals surface area contributed by atoms with Gasteiger partial charge in [0.05, 0.1) is 0 Å². The third-order valence-corrected chi connectivity index (χ3v) is 4.64. The van der Waals surface area contributed by atoms with Gasteiger partial charge in [-0.15, -0.1) is 0 Å². The van der Waals surface area contributed by atoms with E-state index in [0.29, 0.717) is 0 Å². The number of nitrogens with one attached hydrogen (secondary N) is 1. The molecule has 20 heavy (non-hydrogen) atoms. The molecule has 3 heteroatoms. The van der Waals surface area contributed by atoms with E-state index in [1.54, 1.807) is 0 Å². The molecule has 3 nitrogen and oxygen atoms in total. The first-order chi connectivity index (χ1) is 9.72. The third kappa shape index (κ3) is 3.15. The normalized spacial score (nSPS) is 26.5. The molecule has 110 valence electrons. The molecule has 0 radical (unpaired) electrons. The van der Waals surface area contributed by atoms with Crippen LogP contribution in [-0.2, 0) is 0 Å². The zero-order valence-electron chi connectivity index (χ0n) is 12.7. The van der Waals surface area contributed by atoms with Gasteiger partial charge in [-0.2, -0.15) is 0 Å². The van der Waals surface area contributed by atoms with Crippen LogP contribution >= 0.6 is 0 Å². The van der Waals surface area contributed by atoms with Crippen molar-refractivity contribution in [1.29, 1.82) is 0 Å². The predicted molar refractivity (Wildman–Crippen MR) is 82.4 cm³/mol. The van der Waals surface area contributed by atoms with Gasteiger partial charge in [-0.25, -0.2) is 0 Å². The molecule has 0 aromatic heterocycles. The van der Waals surface area contributed by atoms with Crippen molar-refractivity contribution in [2.75, 3.05) is 32.8 Å². The topological polar surface area (TPSA) is 24.5 Å². The lowest BCUT2D eigenvalue weighted by Crippen LogP contribution is -2.46. The quantitative estimate of drug-likeness (QED) is 0.912. The average molecular weight is 274 g/mol. The van der Waals surface area contributed by atoms with E-state index in [4.69, 9.17) is 4.74 Å². The van der Waals surface area contributed by atoms with Crippen LogP contribution in [-0.4, -0.2) is 43.7 Å². The Morgan fingerprint density at radius 2 is 2.00 bits per heavy atom. The molecule has 2 aliphatic heterocycles. The Hall–Kier alpha value is -1.06. The number of rotatable bonds is 4. The molecule has 2 unspecified atom stereocenters. The van der Waals surface area contributed by atoms with Crippen LogP contribution in [0.1, 0.15) is 24.0 Å². The van der Waals surface area contributed by atoms with E-state index >= 15 is 0 Å². The van der Waals surface area contributed by atoms with E-state index < -0.39 is 0 Å². The molecule has 0 spiro atoms. The Labute approximate surface area is 122 Å². The summed E-state index contributed by atoms with van der Waals surface area (Å²) in [6.45, 7) is 9.70. The van der Waals surface area contributed by atoms with Gasteiger partial charge in [0.1, 0.15) is 12.4 Å². The molecule has 2 atom stereocenters. The number of hydrogen-bond acceptors (Lipinski definition) is 3. The van der Waals surface area contributed by atoms with Crippen molar-refractivity contribution >= 4 is 0 Å². The lowest BCUT2D eigenvalue weighted by Gasteiger charge is -2.36. The van der Waals surface area contributed by atoms with Crippen molar-refractivity contribution in [3.63, 3.8) is 0 Å². The lowest BCUT2D eigenvalue weighted by atomic mass is 9.92. The minimum atomic E-state index is 0.742. The van der Waals surface area contributed by atoms with Gasteiger partial charge in [0.2, 0.25) is 0 Å². The highest BCUT2D eigenvalue weighted by atomic mass is 16.5. The number of aryl methyl sites for hydroxylation is 2. The number of hydrogen-bond donors (Lipinski definition) is 1. The van der Waals surface area contributed by atoms with E-state index in [1.807, 2.05) is 0 Å². The van der Waals surface area contributed by atoms with Crippen molar-refractivity contribution < 1.29 is 4.74 Å². The van der Waals surface area contributed by atoms with Crippen molar-refractivity contribution in [3.8, 4) is 5.75 Å². The number of benzene rings is 1. The number of nitrogens with zero attached hydrogens (tertiary/aromatic N) is 1. The van der Waals surface area contributed by atoms with E-state index in [-0.39, 0.29) is 0 Å². The predicted octanol–water partition coefficient (Wildman–Crippen LogP) is 2.37. The molecule has 2 heterocycles. The van der Waals surface area contributed by atoms with Crippen LogP contribution in [0.25, 0.3) is 0 Å². The Bertz CT molecular complexity index is 440. The summed E-state index contributed by atoms with van der Waals surface area (Å²) < 4.78 is 5.96. The summed E-state index contributed by atoms with van der Waals surface area (Å²) in [6, 6.07) is 7.19. The summed E-state index contributed by atoms with van der Waals surface area (Å²) in [5.41, 5.74) is 2.55. The molecule has 1 N–H and O–H groups in total. The highest BCUT2D eigenvalue weighted by molar-refractivity contribution is 5.32. The highest BCUT2D eigenvalue weighted by Crippen LogP contribution is 2.26. The van der Waals surface area contributed by atoms with Crippen LogP contribution in [0.15, 0.2) is 18.2 Å². The standard InChI is InChI=1S/C17H26N2O/c1-13-8-14(2)10-16(9-13)20-7-6-19-5-3-4-15-11-18-12-17(15)19/h8-10,15,17-18H,3-7,11-12H2,1-2H3. The molecule has 0 saturated carbocycles. The van der Waals surface area contributed by atoms with Gasteiger partial charge in [-0.05, 0) is 69.0 Å². The first-order valence-electron chi connectivity index (χ1n) is 7.88. The minimum absolute atomic E-state index is 0.742. The molecule has 0 amide bonds. The zero-order valence-corrected chi connectivity index (χ0v) is 12.7. The second-order valence-corrected chi connectivity index (χ2v) is 6.34. The van der Waals surface area contributed by atoms with Crippen LogP contribution in [0.5, 0.6) is 5.75 Å². The average Bonchev–Trinajstić information content (AvgIpc) is 2.86. The zero-order chi connectivity index (χ0) is 13.9. The maximum absolute atomic E-state index is 5.96. The van der Waals surface area contributed by atoms with Gasteiger partial charge in [-0.3, -0.25) is 4.90 Å². The van der Waals surface area contributed by atoms with Crippen molar-refractivity contribution in [3.05, 3.63) is 29.3 Å². The molecule has 2 saturated heterocycles. The van der Waals surface area contributed by atoms with Crippen LogP contribution in [0.4, 0.5) is 0 Å². The van der Waals surface area contributed by atoms with Crippen molar-refractivity contribution in [1.82, 2.24) is 10.2 Å². The summed E-state index contributed by atoms with van der Waals surface area (Å²) >= 11 is 0. The fourth-order valence-corrected chi connectivity index (χ4v) is 3.74. The molecule has 2 aliphatic rings. The largest absolute Gasteiger partial charge is 0.492 e. The first-order valence-corrected chi connectivity index (χ1v) is 7.88. The Balaban J connectivity index is 1.51. The van der Waals surface area contributed by atoms with Gasteiger partial charge in [0, 0.05) is 19.1 Å². The van der Waals surface area contributed by atoms with Crippen LogP contribution in [0.3, 0.4) is 0 Å². The Morgan fingerprint density at radius 3 is 2.80 bits per heavy atom. The monoisotopic (exact) mass is 274 g/mol. The fourth-order valence-electron chi connectivity index (χ4n) is 3.74. The van der Waals surface area contributed by atoms with Gasteiger partial charge in [0.25, 0.3) is 0 Å². The Kier molecular flexibility index (Phi) is 4.27. The number of piperidine rings is 1. The van der Waals surface area contributed by atoms with Crippen LogP contribution < -0.4 is 10.1 Å². The van der Waals surface area contributed by atoms with Gasteiger partial charge in [-0.1, -0.05) is 6.07 Å². The van der Waals surface area contributed by atoms with E-state index in [0.717, 1.165) is 37.4 Å². The molecule has 2 fully saturated rings. The van der Waals surface area contributed by atoms with Crippen LogP contribution in [0.2, 0.25) is 0 Å². The van der Waals surface area contributed by atoms with Gasteiger partial charge < -0.3 is 10.1 Å². The summed E-state index contributed by atoms with van der Waals surface area (Å²) in [5.74, 6) is 1.88. The summed E-state index contributed by atoms with van der Waals surface area (Å²) in [5, 5.41) is 3.53. The minimum Gasteiger partial charge on any atom is -0.492 e. The maximum atomic E-state index is 5.96. The number of likely N-dealkylation sites (tertiary alicyclic amines) is 1. The number of ether oxygens (including phenoxy) is 1. The highest BCUT2D eigenvalue weighted by Gasteiger charge is 2.34. The number of fused-ring (bicyclic) bond motifs is 1. The lowest BCUT2D eigenvalue weighted by molar-refractivity contribution is 0.105. The maximum Gasteiger partial charge on any atom is 0.119 e. The summed E-state index contributed by atoms with van der Waals surface area (Å²) in [6.07, 6.45) is 2.73. The van der Waals surface area contributed by atoms with E-state index in [2.05, 4.69) is 42.3 Å². The summed E-state index contributed by atoms with van der Waals surface area (Å²) in [7, 11) is 0. The second-order valence-electron chi connectivity index (χ2n) is 6.34. The smallest absolute Gasteiger partial charge is 0.119 e. The third-order valence-electron chi connectivity index (χ3n) is 4.64. The first kappa shape index (κ1) is 13.9. The second kappa shape index (κ2) is 6.15. The molecular formula is C17H26N2O. The Morgan fingerprint density at radius 1 is 1.20 bits per heavy atom. The molecule has 1 aromatic rings. The molecule has 0 bridgehead atoms. The molecular weight excluding hydrogens is 248 g/mol. The van der Waals surface area contributed by atoms with E-state index in [9.17, 15) is 0 Å². The molecule has 3 rings (SSSR count). The van der Waals surface area contributed by atoms with Crippen LogP contribution in [0, 0.1) is 19.8 Å². The van der Waals surface area contributed by atoms with Crippen molar-refractivity contribution in [2.24, 2.45) is 5.92 Å². The molecule has 1 aromatic carbocycles. The molecule has 0 aliphatic carbocycles. The van der Waals surface area contributed by atoms with E-state index in [1.165, 1.54) is 37.1 Å².